The molecule has 82 heavy (non-hydrogen) atoms. The summed E-state index contributed by atoms with van der Waals surface area (Å²) < 4.78 is 42.8. The van der Waals surface area contributed by atoms with Gasteiger partial charge in [0.25, 0.3) is 0 Å². The molecule has 2 aliphatic rings. The third kappa shape index (κ3) is 54.4. The summed E-state index contributed by atoms with van der Waals surface area (Å²) in [6.07, 6.45) is 14.8. The Kier molecular flexibility index (Phi) is 56.1. The molecule has 24 heteroatoms. The van der Waals surface area contributed by atoms with Crippen LogP contribution in [0.5, 0.6) is 0 Å². The Morgan fingerprint density at radius 2 is 0.890 bits per heavy atom. The first-order valence-electron chi connectivity index (χ1n) is 28.3. The van der Waals surface area contributed by atoms with Crippen molar-refractivity contribution in [3.05, 3.63) is 58.1 Å². The number of aliphatic hydroxyl groups is 4. The third-order valence-electron chi connectivity index (χ3n) is 10.3. The van der Waals surface area contributed by atoms with Crippen molar-refractivity contribution < 1.29 is 83.9 Å². The zero-order chi connectivity index (χ0) is 63.3. The van der Waals surface area contributed by atoms with E-state index in [9.17, 15) is 22.8 Å². The Hall–Kier alpha value is -2.22. The number of ketones is 1. The molecule has 4 rings (SSSR count). The van der Waals surface area contributed by atoms with E-state index in [0.29, 0.717) is 55.8 Å². The Balaban J connectivity index is -0.000000336. The fraction of sp³-hybridized carbons (Fsp3) is 0.776. The van der Waals surface area contributed by atoms with Crippen molar-refractivity contribution in [2.24, 2.45) is 10.3 Å². The van der Waals surface area contributed by atoms with E-state index in [1.807, 2.05) is 107 Å². The summed E-state index contributed by atoms with van der Waals surface area (Å²) in [6.45, 7) is 34.0. The second kappa shape index (κ2) is 52.0. The summed E-state index contributed by atoms with van der Waals surface area (Å²) in [5.41, 5.74) is 1.12. The molecule has 480 valence electrons. The van der Waals surface area contributed by atoms with Gasteiger partial charge in [-0.2, -0.15) is 0 Å². The predicted molar refractivity (Wildman–Crippen MR) is 332 cm³/mol. The minimum atomic E-state index is -1.18. The van der Waals surface area contributed by atoms with E-state index >= 15 is 0 Å². The first kappa shape index (κ1) is 88.5. The van der Waals surface area contributed by atoms with Gasteiger partial charge in [-0.05, 0) is 185 Å². The number of carbonyl (C=O) groups excluding carboxylic acids is 3. The molecule has 0 aromatic carbocycles. The number of carbonyl (C=O) groups is 3. The molecular formula is C58H110Cl2N6O13S2Ti. The Morgan fingerprint density at radius 3 is 1.22 bits per heavy atom. The van der Waals surface area contributed by atoms with Gasteiger partial charge in [0, 0.05) is 99.7 Å². The number of aromatic nitrogens is 2. The van der Waals surface area contributed by atoms with Gasteiger partial charge in [-0.25, -0.2) is 28.0 Å². The number of unbranched alkanes of at least 4 members (excludes halogenated alkanes) is 5. The Morgan fingerprint density at radius 1 is 0.573 bits per heavy atom. The molecule has 4 atom stereocenters. The number of rotatable bonds is 18. The average molecular weight is 1280 g/mol. The number of ether oxygens (including phenoxy) is 4. The second-order valence-corrected chi connectivity index (χ2v) is 26.8. The molecule has 0 aliphatic carbocycles. The van der Waals surface area contributed by atoms with Crippen molar-refractivity contribution in [3.8, 4) is 0 Å². The zero-order valence-electron chi connectivity index (χ0n) is 52.9. The van der Waals surface area contributed by atoms with Crippen LogP contribution in [-0.4, -0.2) is 165 Å². The maximum Gasteiger partial charge on any atom is 0.410 e. The Bertz CT molecular complexity index is 1930. The van der Waals surface area contributed by atoms with Crippen molar-refractivity contribution in [1.82, 2.24) is 19.8 Å². The molecule has 2 aromatic rings. The number of nitrogens with two attached hydrogens (primary N) is 2. The first-order chi connectivity index (χ1) is 37.6. The molecule has 0 saturated carbocycles. The maximum absolute atomic E-state index is 12.0. The molecule has 2 aliphatic heterocycles. The van der Waals surface area contributed by atoms with Crippen LogP contribution in [-0.2, 0) is 80.3 Å². The normalized spacial score (nSPS) is 15.2. The number of Topliss-reactive ketones (excluding diaryl/α,β-unsaturated/α-hetero) is 1. The van der Waals surface area contributed by atoms with Crippen LogP contribution in [0.4, 0.5) is 9.59 Å². The van der Waals surface area contributed by atoms with Crippen LogP contribution in [0.1, 0.15) is 193 Å². The topological polar surface area (TPSA) is 287 Å². The standard InChI is InChI=1S/C21H31ClN2O4.C21H33ClN2O3.2C4H11NOS.4C2H6O.Ti/c1-21(2,3)28-20(26)24-13-11-18(15-24)27-14-5-4-8-17(25)10-9-16-7-6-12-23-19(16)22;1-21(2,3)27-20(25)24-14-12-18(16-24)26-15-8-6-4-5-7-10-17-11-9-13-23-19(17)22;2*1-4(2,3)7(5)6;4*1-2-3;/h6-7,12,18H,4-5,8-11,13-15H2,1-3H3;9,11,13,18H,4-8,10,12,14-16H2,1-3H3;2*5H2,1-3H3;4*3H,2H2,1H3;/t2*18-;2*7-;;;;;/m1111...../s1. The van der Waals surface area contributed by atoms with Gasteiger partial charge in [-0.3, -0.25) is 15.1 Å². The van der Waals surface area contributed by atoms with Crippen LogP contribution < -0.4 is 10.3 Å². The van der Waals surface area contributed by atoms with Gasteiger partial charge >= 0.3 is 12.2 Å². The molecule has 4 heterocycles. The molecule has 0 spiro atoms. The molecule has 2 amide bonds. The van der Waals surface area contributed by atoms with Gasteiger partial charge in [-0.1, -0.05) is 54.6 Å². The number of amides is 2. The van der Waals surface area contributed by atoms with Crippen LogP contribution in [0.15, 0.2) is 36.7 Å². The first-order valence-corrected chi connectivity index (χ1v) is 31.5. The van der Waals surface area contributed by atoms with Crippen molar-refractivity contribution >= 4 is 63.1 Å². The smallest absolute Gasteiger partial charge is 0.410 e. The van der Waals surface area contributed by atoms with E-state index in [4.69, 9.17) is 72.9 Å². The quantitative estimate of drug-likeness (QED) is 0.0460. The fourth-order valence-corrected chi connectivity index (χ4v) is 6.62. The number of aryl methyl sites for hydroxylation is 2. The van der Waals surface area contributed by atoms with Crippen molar-refractivity contribution in [3.63, 3.8) is 0 Å². The van der Waals surface area contributed by atoms with Gasteiger partial charge in [-0.15, -0.1) is 0 Å². The maximum atomic E-state index is 12.0. The van der Waals surface area contributed by atoms with E-state index in [0.717, 1.165) is 69.2 Å². The van der Waals surface area contributed by atoms with Gasteiger partial charge in [0.15, 0.2) is 0 Å². The zero-order valence-corrected chi connectivity index (χ0v) is 57.6. The number of halogens is 2. The number of hydrogen-bond donors (Lipinski definition) is 6. The molecule has 19 nitrogen and oxygen atoms in total. The minimum Gasteiger partial charge on any atom is -0.444 e. The summed E-state index contributed by atoms with van der Waals surface area (Å²) in [5, 5.41) is 41.5. The monoisotopic (exact) mass is 1280 g/mol. The molecule has 2 fully saturated rings. The van der Waals surface area contributed by atoms with Crippen molar-refractivity contribution in [1.29, 1.82) is 0 Å². The molecule has 2 saturated heterocycles. The van der Waals surface area contributed by atoms with Crippen molar-refractivity contribution in [2.45, 2.75) is 227 Å². The molecule has 0 unspecified atom stereocenters. The average Bonchev–Trinajstić information content (AvgIpc) is 4.04. The molecule has 8 N–H and O–H groups in total. The number of pyridine rings is 2. The predicted octanol–water partition coefficient (Wildman–Crippen LogP) is 10.5. The summed E-state index contributed by atoms with van der Waals surface area (Å²) >= 11 is 12.1. The fourth-order valence-electron chi connectivity index (χ4n) is 6.20. The molecule has 2 aromatic heterocycles. The van der Waals surface area contributed by atoms with Crippen LogP contribution in [0.25, 0.3) is 0 Å². The van der Waals surface area contributed by atoms with Gasteiger partial charge in [0.05, 0.1) is 56.8 Å². The van der Waals surface area contributed by atoms with Crippen molar-refractivity contribution in [2.75, 3.05) is 65.8 Å². The van der Waals surface area contributed by atoms with E-state index in [1.165, 1.54) is 19.3 Å². The van der Waals surface area contributed by atoms with E-state index < -0.39 is 33.2 Å². The SMILES string of the molecule is CC(C)(C)OC(=O)N1CC[C@@H](OCCCCC(=O)CCc2cccnc2Cl)C1.CC(C)(C)OC(=O)N1CC[C@@H](OCCCCCCCc2cccnc2Cl)C1.CC(C)(C)[S@](N)=O.CC(C)(C)[S@](N)=O.CCO.CCO.CCO.CCO.[Ti]. The van der Waals surface area contributed by atoms with E-state index in [1.54, 1.807) is 49.9 Å². The molecule has 0 radical (unpaired) electrons. The molecule has 0 bridgehead atoms. The number of aliphatic hydroxyl groups excluding tert-OH is 4. The van der Waals surface area contributed by atoms with E-state index in [-0.39, 0.29) is 87.8 Å². The Labute approximate surface area is 524 Å². The summed E-state index contributed by atoms with van der Waals surface area (Å²) in [6, 6.07) is 7.71. The minimum absolute atomic E-state index is 0. The third-order valence-corrected chi connectivity index (χ3v) is 13.4. The summed E-state index contributed by atoms with van der Waals surface area (Å²) in [4.78, 5) is 47.7. The van der Waals surface area contributed by atoms with Crippen LogP contribution in [0, 0.1) is 0 Å². The second-order valence-electron chi connectivity index (χ2n) is 22.4. The summed E-state index contributed by atoms with van der Waals surface area (Å²) in [7, 11) is -2.37. The number of hydrogen-bond acceptors (Lipinski definition) is 15. The number of nitrogens with zero attached hydrogens (tertiary/aromatic N) is 4. The number of likely N-dealkylation sites (tertiary alicyclic amines) is 2. The van der Waals surface area contributed by atoms with Gasteiger partial charge < -0.3 is 49.2 Å². The molecular weight excluding hydrogens is 1170 g/mol. The van der Waals surface area contributed by atoms with E-state index in [2.05, 4.69) is 9.97 Å². The largest absolute Gasteiger partial charge is 0.444 e. The summed E-state index contributed by atoms with van der Waals surface area (Å²) in [5.74, 6) is 0.233. The van der Waals surface area contributed by atoms with Crippen LogP contribution in [0.3, 0.4) is 0 Å². The van der Waals surface area contributed by atoms with Gasteiger partial charge in [0.2, 0.25) is 0 Å². The van der Waals surface area contributed by atoms with Gasteiger partial charge in [0.1, 0.15) is 27.3 Å². The van der Waals surface area contributed by atoms with Crippen LogP contribution in [0.2, 0.25) is 10.3 Å². The van der Waals surface area contributed by atoms with Crippen LogP contribution >= 0.6 is 23.2 Å².